The summed E-state index contributed by atoms with van der Waals surface area (Å²) in [6, 6.07) is 13.4. The maximum absolute atomic E-state index is 13.7. The fraction of sp³-hybridized carbons (Fsp3) is 0.200. The molecule has 1 heterocycles. The average Bonchev–Trinajstić information content (AvgIpc) is 3.09. The lowest BCUT2D eigenvalue weighted by Gasteiger charge is -2.04. The first-order valence-corrected chi connectivity index (χ1v) is 8.33. The smallest absolute Gasteiger partial charge is 0.220 e. The van der Waals surface area contributed by atoms with Crippen molar-refractivity contribution in [2.24, 2.45) is 0 Å². The molecule has 0 aliphatic carbocycles. The van der Waals surface area contributed by atoms with Gasteiger partial charge in [-0.2, -0.15) is 0 Å². The summed E-state index contributed by atoms with van der Waals surface area (Å²) < 4.78 is 32.9. The van der Waals surface area contributed by atoms with Gasteiger partial charge in [0.2, 0.25) is 5.91 Å². The molecule has 0 saturated carbocycles. The van der Waals surface area contributed by atoms with E-state index in [2.05, 4.69) is 10.3 Å². The molecular weight excluding hydrogens is 338 g/mol. The van der Waals surface area contributed by atoms with Crippen LogP contribution in [0.2, 0.25) is 0 Å². The Labute approximate surface area is 149 Å². The molecule has 0 fully saturated rings. The summed E-state index contributed by atoms with van der Waals surface area (Å²) in [5.74, 6) is -1.28. The highest BCUT2D eigenvalue weighted by Gasteiger charge is 2.16. The van der Waals surface area contributed by atoms with E-state index in [0.29, 0.717) is 6.54 Å². The third-order valence-electron chi connectivity index (χ3n) is 3.91. The van der Waals surface area contributed by atoms with Crippen molar-refractivity contribution in [3.63, 3.8) is 0 Å². The van der Waals surface area contributed by atoms with Gasteiger partial charge in [0.25, 0.3) is 0 Å². The third kappa shape index (κ3) is 4.53. The van der Waals surface area contributed by atoms with Crippen LogP contribution in [0.1, 0.15) is 17.9 Å². The van der Waals surface area contributed by atoms with Gasteiger partial charge in [0.1, 0.15) is 11.6 Å². The first kappa shape index (κ1) is 17.8. The van der Waals surface area contributed by atoms with Gasteiger partial charge < -0.3 is 9.73 Å². The molecule has 4 nitrogen and oxygen atoms in total. The van der Waals surface area contributed by atoms with Crippen molar-refractivity contribution < 1.29 is 18.0 Å². The minimum absolute atomic E-state index is 0.0140. The molecule has 2 aromatic carbocycles. The number of carbonyl (C=O) groups excluding carboxylic acids is 1. The standard InChI is InChI=1S/C20H18F2N2O2/c21-15-7-4-8-16(22)20(15)17-13-24-19(26-17)10-9-18(25)23-12-11-14-5-2-1-3-6-14/h1-8,13H,9-12H2,(H,23,25). The predicted molar refractivity (Wildman–Crippen MR) is 93.3 cm³/mol. The van der Waals surface area contributed by atoms with E-state index < -0.39 is 11.6 Å². The molecule has 134 valence electrons. The maximum Gasteiger partial charge on any atom is 0.220 e. The first-order chi connectivity index (χ1) is 12.6. The van der Waals surface area contributed by atoms with Gasteiger partial charge >= 0.3 is 0 Å². The largest absolute Gasteiger partial charge is 0.441 e. The highest BCUT2D eigenvalue weighted by atomic mass is 19.1. The summed E-state index contributed by atoms with van der Waals surface area (Å²) >= 11 is 0. The van der Waals surface area contributed by atoms with Crippen LogP contribution in [-0.4, -0.2) is 17.4 Å². The van der Waals surface area contributed by atoms with E-state index in [1.807, 2.05) is 30.3 Å². The van der Waals surface area contributed by atoms with Crippen LogP contribution in [0.5, 0.6) is 0 Å². The molecule has 0 aliphatic heterocycles. The summed E-state index contributed by atoms with van der Waals surface area (Å²) in [7, 11) is 0. The number of aryl methyl sites for hydroxylation is 1. The second-order valence-electron chi connectivity index (χ2n) is 5.80. The van der Waals surface area contributed by atoms with Gasteiger partial charge in [-0.15, -0.1) is 0 Å². The van der Waals surface area contributed by atoms with Crippen LogP contribution < -0.4 is 5.32 Å². The van der Waals surface area contributed by atoms with E-state index in [9.17, 15) is 13.6 Å². The minimum atomic E-state index is -0.716. The number of nitrogens with one attached hydrogen (secondary N) is 1. The molecule has 3 aromatic rings. The number of aromatic nitrogens is 1. The van der Waals surface area contributed by atoms with Crippen LogP contribution in [0.25, 0.3) is 11.3 Å². The van der Waals surface area contributed by atoms with Crippen LogP contribution in [0.4, 0.5) is 8.78 Å². The lowest BCUT2D eigenvalue weighted by atomic mass is 10.1. The van der Waals surface area contributed by atoms with Crippen molar-refractivity contribution in [2.45, 2.75) is 19.3 Å². The maximum atomic E-state index is 13.7. The van der Waals surface area contributed by atoms with E-state index in [1.165, 1.54) is 12.3 Å². The van der Waals surface area contributed by atoms with Crippen molar-refractivity contribution in [1.29, 1.82) is 0 Å². The Morgan fingerprint density at radius 3 is 2.46 bits per heavy atom. The van der Waals surface area contributed by atoms with E-state index >= 15 is 0 Å². The Morgan fingerprint density at radius 2 is 1.73 bits per heavy atom. The SMILES string of the molecule is O=C(CCc1ncc(-c2c(F)cccc2F)o1)NCCc1ccccc1. The number of benzene rings is 2. The van der Waals surface area contributed by atoms with Gasteiger partial charge in [0.05, 0.1) is 11.8 Å². The molecule has 0 unspecified atom stereocenters. The van der Waals surface area contributed by atoms with E-state index in [1.54, 1.807) is 0 Å². The van der Waals surface area contributed by atoms with Gasteiger partial charge in [-0.3, -0.25) is 4.79 Å². The normalized spacial score (nSPS) is 10.7. The fourth-order valence-electron chi connectivity index (χ4n) is 2.57. The molecule has 0 aliphatic rings. The van der Waals surface area contributed by atoms with Crippen LogP contribution in [-0.2, 0) is 17.6 Å². The van der Waals surface area contributed by atoms with Gasteiger partial charge in [-0.1, -0.05) is 36.4 Å². The van der Waals surface area contributed by atoms with E-state index in [0.717, 1.165) is 24.1 Å². The fourth-order valence-corrected chi connectivity index (χ4v) is 2.57. The van der Waals surface area contributed by atoms with E-state index in [4.69, 9.17) is 4.42 Å². The number of nitrogens with zero attached hydrogens (tertiary/aromatic N) is 1. The van der Waals surface area contributed by atoms with Crippen LogP contribution in [0.3, 0.4) is 0 Å². The zero-order valence-electron chi connectivity index (χ0n) is 14.0. The third-order valence-corrected chi connectivity index (χ3v) is 3.91. The zero-order chi connectivity index (χ0) is 18.4. The molecular formula is C20H18F2N2O2. The summed E-state index contributed by atoms with van der Waals surface area (Å²) in [6.07, 6.45) is 2.47. The Kier molecular flexibility index (Phi) is 5.73. The zero-order valence-corrected chi connectivity index (χ0v) is 14.0. The molecule has 0 bridgehead atoms. The van der Waals surface area contributed by atoms with Gasteiger partial charge in [0.15, 0.2) is 11.7 Å². The van der Waals surface area contributed by atoms with E-state index in [-0.39, 0.29) is 36.0 Å². The molecule has 0 atom stereocenters. The molecule has 0 saturated heterocycles. The number of oxazole rings is 1. The molecule has 1 N–H and O–H groups in total. The number of amides is 1. The van der Waals surface area contributed by atoms with Crippen LogP contribution >= 0.6 is 0 Å². The summed E-state index contributed by atoms with van der Waals surface area (Å²) in [6.45, 7) is 0.542. The van der Waals surface area contributed by atoms with Crippen LogP contribution in [0.15, 0.2) is 59.1 Å². The number of hydrogen-bond donors (Lipinski definition) is 1. The Balaban J connectivity index is 1.49. The summed E-state index contributed by atoms with van der Waals surface area (Å²) in [5.41, 5.74) is 0.899. The second kappa shape index (κ2) is 8.38. The Bertz CT molecular complexity index is 858. The number of halogens is 2. The second-order valence-corrected chi connectivity index (χ2v) is 5.80. The van der Waals surface area contributed by atoms with Crippen LogP contribution in [0, 0.1) is 11.6 Å². The summed E-state index contributed by atoms with van der Waals surface area (Å²) in [4.78, 5) is 15.9. The van der Waals surface area contributed by atoms with Gasteiger partial charge in [-0.25, -0.2) is 13.8 Å². The van der Waals surface area contributed by atoms with Crippen molar-refractivity contribution in [1.82, 2.24) is 10.3 Å². The Hall–Kier alpha value is -3.02. The van der Waals surface area contributed by atoms with Crippen molar-refractivity contribution >= 4 is 5.91 Å². The topological polar surface area (TPSA) is 55.1 Å². The lowest BCUT2D eigenvalue weighted by Crippen LogP contribution is -2.25. The summed E-state index contributed by atoms with van der Waals surface area (Å²) in [5, 5.41) is 2.83. The lowest BCUT2D eigenvalue weighted by molar-refractivity contribution is -0.121. The van der Waals surface area contributed by atoms with Crippen molar-refractivity contribution in [2.75, 3.05) is 6.54 Å². The quantitative estimate of drug-likeness (QED) is 0.698. The monoisotopic (exact) mass is 356 g/mol. The molecule has 3 rings (SSSR count). The minimum Gasteiger partial charge on any atom is -0.441 e. The number of carbonyl (C=O) groups is 1. The Morgan fingerprint density at radius 1 is 1.00 bits per heavy atom. The van der Waals surface area contributed by atoms with Gasteiger partial charge in [0, 0.05) is 19.4 Å². The van der Waals surface area contributed by atoms with Crippen molar-refractivity contribution in [3.05, 3.63) is 77.8 Å². The molecule has 0 spiro atoms. The predicted octanol–water partition coefficient (Wildman–Crippen LogP) is 3.91. The molecule has 1 aromatic heterocycles. The van der Waals surface area contributed by atoms with Crippen molar-refractivity contribution in [3.8, 4) is 11.3 Å². The average molecular weight is 356 g/mol. The van der Waals surface area contributed by atoms with Gasteiger partial charge in [-0.05, 0) is 24.1 Å². The molecule has 6 heteroatoms. The molecule has 26 heavy (non-hydrogen) atoms. The highest BCUT2D eigenvalue weighted by Crippen LogP contribution is 2.26. The number of hydrogen-bond acceptors (Lipinski definition) is 3. The highest BCUT2D eigenvalue weighted by molar-refractivity contribution is 5.76. The molecule has 0 radical (unpaired) electrons. The molecule has 1 amide bonds. The first-order valence-electron chi connectivity index (χ1n) is 8.33. The number of rotatable bonds is 7.